The van der Waals surface area contributed by atoms with Crippen molar-refractivity contribution in [2.75, 3.05) is 17.5 Å². The summed E-state index contributed by atoms with van der Waals surface area (Å²) < 4.78 is 57.0. The number of hydrogen-bond donors (Lipinski definition) is 2. The van der Waals surface area contributed by atoms with Gasteiger partial charge in [0.1, 0.15) is 5.69 Å². The van der Waals surface area contributed by atoms with Gasteiger partial charge in [-0.1, -0.05) is 0 Å². The van der Waals surface area contributed by atoms with Crippen LogP contribution in [-0.4, -0.2) is 27.1 Å². The fourth-order valence-electron chi connectivity index (χ4n) is 1.90. The first-order chi connectivity index (χ1) is 11.2. The van der Waals surface area contributed by atoms with Crippen molar-refractivity contribution in [2.24, 2.45) is 0 Å². The van der Waals surface area contributed by atoms with Crippen molar-refractivity contribution in [3.05, 3.63) is 51.9 Å². The lowest BCUT2D eigenvalue weighted by Crippen LogP contribution is -2.25. The Hall–Kier alpha value is -1.94. The minimum absolute atomic E-state index is 0.104. The number of amides is 1. The molecule has 0 aliphatic carbocycles. The van der Waals surface area contributed by atoms with E-state index in [-0.39, 0.29) is 24.3 Å². The highest BCUT2D eigenvalue weighted by molar-refractivity contribution is 9.10. The van der Waals surface area contributed by atoms with Crippen LogP contribution in [0.4, 0.5) is 14.5 Å². The summed E-state index contributed by atoms with van der Waals surface area (Å²) in [7, 11) is -3.79. The molecule has 0 saturated carbocycles. The Morgan fingerprint density at radius 1 is 1.25 bits per heavy atom. The number of sulfonamides is 1. The van der Waals surface area contributed by atoms with Gasteiger partial charge >= 0.3 is 0 Å². The molecule has 1 heterocycles. The summed E-state index contributed by atoms with van der Waals surface area (Å²) in [6.45, 7) is 0.120. The van der Waals surface area contributed by atoms with Crippen LogP contribution < -0.4 is 10.0 Å². The van der Waals surface area contributed by atoms with Crippen molar-refractivity contribution in [2.45, 2.75) is 6.42 Å². The molecule has 24 heavy (non-hydrogen) atoms. The highest BCUT2D eigenvalue weighted by atomic mass is 79.9. The van der Waals surface area contributed by atoms with Crippen molar-refractivity contribution in [1.29, 1.82) is 0 Å². The van der Waals surface area contributed by atoms with Crippen molar-refractivity contribution in [3.63, 3.8) is 0 Å². The second-order valence-electron chi connectivity index (χ2n) is 4.92. The molecule has 0 unspecified atom stereocenters. The van der Waals surface area contributed by atoms with Gasteiger partial charge in [0.15, 0.2) is 22.1 Å². The zero-order valence-corrected chi connectivity index (χ0v) is 14.8. The van der Waals surface area contributed by atoms with Crippen molar-refractivity contribution in [1.82, 2.24) is 5.32 Å². The van der Waals surface area contributed by atoms with E-state index in [9.17, 15) is 22.0 Å². The molecule has 2 N–H and O–H groups in total. The van der Waals surface area contributed by atoms with Crippen LogP contribution in [0.5, 0.6) is 0 Å². The molecule has 0 aliphatic rings. The van der Waals surface area contributed by atoms with Crippen molar-refractivity contribution in [3.8, 4) is 0 Å². The molecular weight excluding hydrogens is 410 g/mol. The van der Waals surface area contributed by atoms with Gasteiger partial charge in [0.2, 0.25) is 10.0 Å². The highest BCUT2D eigenvalue weighted by Crippen LogP contribution is 2.22. The van der Waals surface area contributed by atoms with E-state index in [4.69, 9.17) is 4.42 Å². The van der Waals surface area contributed by atoms with Crippen LogP contribution in [0.25, 0.3) is 0 Å². The summed E-state index contributed by atoms with van der Waals surface area (Å²) in [5, 5.41) is 2.54. The minimum atomic E-state index is -3.79. The van der Waals surface area contributed by atoms with E-state index in [1.807, 2.05) is 0 Å². The van der Waals surface area contributed by atoms with E-state index in [1.54, 1.807) is 10.8 Å². The van der Waals surface area contributed by atoms with Gasteiger partial charge in [0.25, 0.3) is 5.91 Å². The maximum atomic E-state index is 13.8. The molecule has 0 aliphatic heterocycles. The van der Waals surface area contributed by atoms with Crippen molar-refractivity contribution >= 4 is 37.5 Å². The Bertz CT molecular complexity index is 844. The molecular formula is C14H13BrF2N2O4S. The summed E-state index contributed by atoms with van der Waals surface area (Å²) in [4.78, 5) is 11.7. The third kappa shape index (κ3) is 5.03. The normalized spacial score (nSPS) is 11.3. The highest BCUT2D eigenvalue weighted by Gasteiger charge is 2.15. The van der Waals surface area contributed by atoms with Gasteiger partial charge in [-0.15, -0.1) is 0 Å². The van der Waals surface area contributed by atoms with Crippen LogP contribution in [0.2, 0.25) is 0 Å². The quantitative estimate of drug-likeness (QED) is 0.748. The first-order valence-corrected chi connectivity index (χ1v) is 9.33. The van der Waals surface area contributed by atoms with Gasteiger partial charge in [0, 0.05) is 6.54 Å². The van der Waals surface area contributed by atoms with Gasteiger partial charge in [-0.3, -0.25) is 9.52 Å². The van der Waals surface area contributed by atoms with Crippen LogP contribution in [0, 0.1) is 11.6 Å². The molecule has 1 amide bonds. The number of furan rings is 1. The van der Waals surface area contributed by atoms with Crippen LogP contribution in [0.15, 0.2) is 33.4 Å². The van der Waals surface area contributed by atoms with E-state index in [0.717, 1.165) is 18.4 Å². The molecule has 1 aromatic carbocycles. The van der Waals surface area contributed by atoms with Gasteiger partial charge < -0.3 is 9.73 Å². The molecule has 0 radical (unpaired) electrons. The smallest absolute Gasteiger partial charge is 0.287 e. The van der Waals surface area contributed by atoms with Crippen molar-refractivity contribution < 1.29 is 26.4 Å². The largest absolute Gasteiger partial charge is 0.444 e. The maximum absolute atomic E-state index is 13.8. The number of anilines is 1. The van der Waals surface area contributed by atoms with E-state index >= 15 is 0 Å². The third-order valence-electron chi connectivity index (χ3n) is 2.89. The molecule has 2 aromatic rings. The second kappa shape index (κ2) is 7.31. The van der Waals surface area contributed by atoms with E-state index in [2.05, 4.69) is 21.2 Å². The van der Waals surface area contributed by atoms with Gasteiger partial charge in [-0.25, -0.2) is 17.2 Å². The van der Waals surface area contributed by atoms with E-state index in [0.29, 0.717) is 4.67 Å². The number of carbonyl (C=O) groups is 1. The molecule has 0 fully saturated rings. The molecule has 1 aromatic heterocycles. The summed E-state index contributed by atoms with van der Waals surface area (Å²) in [5.74, 6) is -2.42. The van der Waals surface area contributed by atoms with E-state index < -0.39 is 33.3 Å². The standard InChI is InChI=1S/C14H13BrF2N2O4S/c1-24(21,22)19-13-9(16)6-8(7-10(13)17)4-5-18-14(20)11-2-3-12(15)23-11/h2-3,6-7,19H,4-5H2,1H3,(H,18,20). The zero-order valence-electron chi connectivity index (χ0n) is 12.4. The maximum Gasteiger partial charge on any atom is 0.287 e. The lowest BCUT2D eigenvalue weighted by Gasteiger charge is -2.09. The topological polar surface area (TPSA) is 88.4 Å². The molecule has 0 saturated heterocycles. The Morgan fingerprint density at radius 3 is 2.38 bits per heavy atom. The fourth-order valence-corrected chi connectivity index (χ4v) is 2.77. The lowest BCUT2D eigenvalue weighted by molar-refractivity contribution is 0.0925. The summed E-state index contributed by atoms with van der Waals surface area (Å²) >= 11 is 3.07. The number of nitrogens with one attached hydrogen (secondary N) is 2. The summed E-state index contributed by atoms with van der Waals surface area (Å²) in [5.41, 5.74) is -0.462. The number of carbonyl (C=O) groups excluding carboxylic acids is 1. The SMILES string of the molecule is CS(=O)(=O)Nc1c(F)cc(CCNC(=O)c2ccc(Br)o2)cc1F. The first-order valence-electron chi connectivity index (χ1n) is 6.65. The molecule has 0 spiro atoms. The van der Waals surface area contributed by atoms with Crippen LogP contribution in [0.3, 0.4) is 0 Å². The molecule has 2 rings (SSSR count). The molecule has 6 nitrogen and oxygen atoms in total. The van der Waals surface area contributed by atoms with Crippen LogP contribution in [0.1, 0.15) is 16.1 Å². The number of hydrogen-bond acceptors (Lipinski definition) is 4. The van der Waals surface area contributed by atoms with Crippen LogP contribution in [-0.2, 0) is 16.4 Å². The Kier molecular flexibility index (Phi) is 5.60. The predicted molar refractivity (Wildman–Crippen MR) is 87.3 cm³/mol. The first kappa shape index (κ1) is 18.4. The zero-order chi connectivity index (χ0) is 17.9. The average Bonchev–Trinajstić information content (AvgIpc) is 2.88. The lowest BCUT2D eigenvalue weighted by atomic mass is 10.1. The molecule has 130 valence electrons. The molecule has 10 heteroatoms. The number of rotatable bonds is 6. The average molecular weight is 423 g/mol. The number of halogens is 3. The Morgan fingerprint density at radius 2 is 1.88 bits per heavy atom. The monoisotopic (exact) mass is 422 g/mol. The predicted octanol–water partition coefficient (Wildman–Crippen LogP) is 2.66. The molecule has 0 bridgehead atoms. The fraction of sp³-hybridized carbons (Fsp3) is 0.214. The Labute approximate surface area is 145 Å². The Balaban J connectivity index is 1.99. The van der Waals surface area contributed by atoms with Gasteiger partial charge in [-0.2, -0.15) is 0 Å². The van der Waals surface area contributed by atoms with E-state index in [1.165, 1.54) is 6.07 Å². The third-order valence-corrected chi connectivity index (χ3v) is 3.89. The number of benzene rings is 1. The van der Waals surface area contributed by atoms with Gasteiger partial charge in [-0.05, 0) is 52.2 Å². The summed E-state index contributed by atoms with van der Waals surface area (Å²) in [6.07, 6.45) is 0.947. The minimum Gasteiger partial charge on any atom is -0.444 e. The van der Waals surface area contributed by atoms with Gasteiger partial charge in [0.05, 0.1) is 6.26 Å². The second-order valence-corrected chi connectivity index (χ2v) is 7.45. The molecule has 0 atom stereocenters. The van der Waals surface area contributed by atoms with Crippen LogP contribution >= 0.6 is 15.9 Å². The summed E-state index contributed by atoms with van der Waals surface area (Å²) in [6, 6.07) is 5.05.